The van der Waals surface area contributed by atoms with Crippen molar-refractivity contribution in [1.82, 2.24) is 5.16 Å². The Kier molecular flexibility index (Phi) is 4.81. The first-order valence-corrected chi connectivity index (χ1v) is 7.81. The molecule has 25 heavy (non-hydrogen) atoms. The smallest absolute Gasteiger partial charge is 0.256 e. The first-order valence-electron chi connectivity index (χ1n) is 7.43. The molecule has 0 spiro atoms. The van der Waals surface area contributed by atoms with Crippen molar-refractivity contribution in [2.75, 3.05) is 10.6 Å². The molecule has 126 valence electrons. The van der Waals surface area contributed by atoms with Gasteiger partial charge in [0.25, 0.3) is 11.8 Å². The molecular formula is C18H14ClN3O3. The number of halogens is 1. The lowest BCUT2D eigenvalue weighted by atomic mass is 10.1. The van der Waals surface area contributed by atoms with E-state index in [1.165, 1.54) is 6.07 Å². The van der Waals surface area contributed by atoms with E-state index >= 15 is 0 Å². The van der Waals surface area contributed by atoms with Crippen LogP contribution in [-0.2, 0) is 0 Å². The number of carbonyl (C=O) groups is 2. The molecule has 0 aliphatic heterocycles. The van der Waals surface area contributed by atoms with E-state index in [1.807, 2.05) is 0 Å². The largest absolute Gasteiger partial charge is 0.360 e. The lowest BCUT2D eigenvalue weighted by Crippen LogP contribution is -2.15. The van der Waals surface area contributed by atoms with Gasteiger partial charge in [0.15, 0.2) is 5.82 Å². The van der Waals surface area contributed by atoms with Crippen molar-refractivity contribution in [1.29, 1.82) is 0 Å². The van der Waals surface area contributed by atoms with E-state index in [2.05, 4.69) is 15.8 Å². The maximum atomic E-state index is 12.3. The van der Waals surface area contributed by atoms with Crippen LogP contribution >= 0.6 is 11.6 Å². The minimum atomic E-state index is -0.384. The van der Waals surface area contributed by atoms with E-state index in [4.69, 9.17) is 16.1 Å². The molecule has 0 bridgehead atoms. The lowest BCUT2D eigenvalue weighted by molar-refractivity contribution is 0.102. The van der Waals surface area contributed by atoms with Crippen molar-refractivity contribution in [3.8, 4) is 0 Å². The summed E-state index contributed by atoms with van der Waals surface area (Å²) < 4.78 is 4.90. The van der Waals surface area contributed by atoms with Gasteiger partial charge in [-0.2, -0.15) is 0 Å². The Morgan fingerprint density at radius 2 is 1.64 bits per heavy atom. The van der Waals surface area contributed by atoms with Crippen LogP contribution in [0.15, 0.2) is 59.1 Å². The Bertz CT molecular complexity index is 937. The Hall–Kier alpha value is -3.12. The van der Waals surface area contributed by atoms with E-state index in [9.17, 15) is 9.59 Å². The molecular weight excluding hydrogens is 342 g/mol. The van der Waals surface area contributed by atoms with Crippen LogP contribution < -0.4 is 10.6 Å². The van der Waals surface area contributed by atoms with Gasteiger partial charge in [0, 0.05) is 27.9 Å². The van der Waals surface area contributed by atoms with E-state index in [0.717, 1.165) is 0 Å². The fourth-order valence-corrected chi connectivity index (χ4v) is 2.38. The molecule has 1 heterocycles. The molecule has 0 atom stereocenters. The first kappa shape index (κ1) is 16.7. The molecule has 2 amide bonds. The normalized spacial score (nSPS) is 10.3. The average molecular weight is 356 g/mol. The summed E-state index contributed by atoms with van der Waals surface area (Å²) in [4.78, 5) is 24.6. The lowest BCUT2D eigenvalue weighted by Gasteiger charge is -2.07. The van der Waals surface area contributed by atoms with Crippen LogP contribution in [0.4, 0.5) is 11.5 Å². The van der Waals surface area contributed by atoms with Crippen LogP contribution in [0.25, 0.3) is 0 Å². The van der Waals surface area contributed by atoms with E-state index in [-0.39, 0.29) is 11.8 Å². The molecule has 0 saturated carbocycles. The van der Waals surface area contributed by atoms with Gasteiger partial charge in [-0.3, -0.25) is 9.59 Å². The summed E-state index contributed by atoms with van der Waals surface area (Å²) in [5.41, 5.74) is 1.26. The molecule has 7 heteroatoms. The van der Waals surface area contributed by atoms with Crippen LogP contribution in [0, 0.1) is 6.92 Å². The number of aromatic nitrogens is 1. The number of carbonyl (C=O) groups excluding carboxylic acids is 2. The van der Waals surface area contributed by atoms with Crippen molar-refractivity contribution >= 4 is 34.9 Å². The molecule has 3 aromatic rings. The van der Waals surface area contributed by atoms with Crippen molar-refractivity contribution in [3.63, 3.8) is 0 Å². The zero-order valence-electron chi connectivity index (χ0n) is 13.2. The Balaban J connectivity index is 1.74. The fraction of sp³-hybridized carbons (Fsp3) is 0.0556. The molecule has 0 radical (unpaired) electrons. The third kappa shape index (κ3) is 4.24. The van der Waals surface area contributed by atoms with Gasteiger partial charge < -0.3 is 15.2 Å². The summed E-state index contributed by atoms with van der Waals surface area (Å²) in [7, 11) is 0. The number of amides is 2. The maximum Gasteiger partial charge on any atom is 0.256 e. The van der Waals surface area contributed by atoms with Crippen molar-refractivity contribution in [2.24, 2.45) is 0 Å². The van der Waals surface area contributed by atoms with Crippen molar-refractivity contribution < 1.29 is 14.1 Å². The molecule has 0 saturated heterocycles. The molecule has 0 unspecified atom stereocenters. The topological polar surface area (TPSA) is 84.2 Å². The van der Waals surface area contributed by atoms with Gasteiger partial charge in [-0.05, 0) is 43.3 Å². The zero-order valence-corrected chi connectivity index (χ0v) is 14.0. The number of hydrogen-bond acceptors (Lipinski definition) is 4. The monoisotopic (exact) mass is 355 g/mol. The minimum Gasteiger partial charge on any atom is -0.360 e. The minimum absolute atomic E-state index is 0.316. The predicted molar refractivity (Wildman–Crippen MR) is 95.0 cm³/mol. The maximum absolute atomic E-state index is 12.3. The van der Waals surface area contributed by atoms with Crippen molar-refractivity contribution in [2.45, 2.75) is 6.92 Å². The number of nitrogens with one attached hydrogen (secondary N) is 2. The molecule has 0 aliphatic rings. The van der Waals surface area contributed by atoms with E-state index in [0.29, 0.717) is 33.4 Å². The average Bonchev–Trinajstić information content (AvgIpc) is 3.00. The summed E-state index contributed by atoms with van der Waals surface area (Å²) in [6.45, 7) is 1.73. The number of benzene rings is 2. The van der Waals surface area contributed by atoms with Crippen molar-refractivity contribution in [3.05, 3.63) is 76.5 Å². The van der Waals surface area contributed by atoms with Gasteiger partial charge in [0.2, 0.25) is 0 Å². The summed E-state index contributed by atoms with van der Waals surface area (Å²) in [5, 5.41) is 9.57. The predicted octanol–water partition coefficient (Wildman–Crippen LogP) is 4.14. The summed E-state index contributed by atoms with van der Waals surface area (Å²) in [6, 6.07) is 14.8. The Labute approximate surface area is 148 Å². The molecule has 1 aromatic heterocycles. The molecule has 0 aliphatic carbocycles. The van der Waals surface area contributed by atoms with Gasteiger partial charge in [-0.15, -0.1) is 0 Å². The van der Waals surface area contributed by atoms with Gasteiger partial charge in [0.05, 0.1) is 0 Å². The van der Waals surface area contributed by atoms with E-state index in [1.54, 1.807) is 55.5 Å². The first-order chi connectivity index (χ1) is 12.0. The molecule has 3 rings (SSSR count). The highest BCUT2D eigenvalue weighted by atomic mass is 35.5. The Morgan fingerprint density at radius 3 is 2.28 bits per heavy atom. The van der Waals surface area contributed by atoms with E-state index < -0.39 is 0 Å². The third-order valence-electron chi connectivity index (χ3n) is 3.34. The fourth-order valence-electron chi connectivity index (χ4n) is 2.18. The number of aryl methyl sites for hydroxylation is 1. The summed E-state index contributed by atoms with van der Waals surface area (Å²) in [6.07, 6.45) is 0. The second kappa shape index (κ2) is 7.19. The number of hydrogen-bond donors (Lipinski definition) is 2. The molecule has 2 N–H and O–H groups in total. The molecule has 0 fully saturated rings. The number of anilines is 2. The summed E-state index contributed by atoms with van der Waals surface area (Å²) in [5.74, 6) is 0.182. The second-order valence-corrected chi connectivity index (χ2v) is 5.76. The van der Waals surface area contributed by atoms with Gasteiger partial charge >= 0.3 is 0 Å². The third-order valence-corrected chi connectivity index (χ3v) is 3.57. The number of rotatable bonds is 4. The van der Waals surface area contributed by atoms with Crippen LogP contribution in [0.2, 0.25) is 5.02 Å². The standard InChI is InChI=1S/C18H14ClN3O3/c1-11-8-16(22-25-11)21-18(24)13-5-2-4-12(9-13)17(23)20-15-7-3-6-14(19)10-15/h2-10H,1H3,(H,20,23)(H,21,22,24). The highest BCUT2D eigenvalue weighted by Gasteiger charge is 2.12. The highest BCUT2D eigenvalue weighted by Crippen LogP contribution is 2.17. The Morgan fingerprint density at radius 1 is 0.960 bits per heavy atom. The van der Waals surface area contributed by atoms with Gasteiger partial charge in [-0.25, -0.2) is 0 Å². The second-order valence-electron chi connectivity index (χ2n) is 5.32. The van der Waals surface area contributed by atoms with Crippen LogP contribution in [0.5, 0.6) is 0 Å². The quantitative estimate of drug-likeness (QED) is 0.736. The van der Waals surface area contributed by atoms with Crippen LogP contribution in [-0.4, -0.2) is 17.0 Å². The van der Waals surface area contributed by atoms with Crippen LogP contribution in [0.3, 0.4) is 0 Å². The SMILES string of the molecule is Cc1cc(NC(=O)c2cccc(C(=O)Nc3cccc(Cl)c3)c2)no1. The highest BCUT2D eigenvalue weighted by molar-refractivity contribution is 6.31. The molecule has 6 nitrogen and oxygen atoms in total. The number of nitrogens with zero attached hydrogens (tertiary/aromatic N) is 1. The summed E-state index contributed by atoms with van der Waals surface area (Å²) >= 11 is 5.90. The van der Waals surface area contributed by atoms with Gasteiger partial charge in [0.1, 0.15) is 5.76 Å². The van der Waals surface area contributed by atoms with Crippen LogP contribution in [0.1, 0.15) is 26.5 Å². The zero-order chi connectivity index (χ0) is 17.8. The molecule has 2 aromatic carbocycles. The van der Waals surface area contributed by atoms with Gasteiger partial charge in [-0.1, -0.05) is 28.9 Å².